The number of aryl methyl sites for hydroxylation is 1. The van der Waals surface area contributed by atoms with Gasteiger partial charge in [0, 0.05) is 37.3 Å². The van der Waals surface area contributed by atoms with Crippen LogP contribution in [0.1, 0.15) is 15.9 Å². The van der Waals surface area contributed by atoms with E-state index in [4.69, 9.17) is 0 Å². The number of Topliss-reactive ketones (excluding diaryl/α,β-unsaturated/α-hetero) is 1. The number of hydrogen-bond donors (Lipinski definition) is 0. The first-order chi connectivity index (χ1) is 9.27. The van der Waals surface area contributed by atoms with Gasteiger partial charge < -0.3 is 9.13 Å². The number of rotatable bonds is 3. The van der Waals surface area contributed by atoms with E-state index in [0.29, 0.717) is 17.8 Å². The number of alkyl halides is 3. The fourth-order valence-electron chi connectivity index (χ4n) is 1.74. The molecule has 0 radical (unpaired) electrons. The van der Waals surface area contributed by atoms with Crippen LogP contribution < -0.4 is 5.56 Å². The molecule has 2 heterocycles. The van der Waals surface area contributed by atoms with Crippen molar-refractivity contribution >= 4 is 5.78 Å². The smallest absolute Gasteiger partial charge is 0.357 e. The van der Waals surface area contributed by atoms with E-state index in [1.807, 2.05) is 0 Å². The van der Waals surface area contributed by atoms with Crippen molar-refractivity contribution in [3.8, 4) is 0 Å². The summed E-state index contributed by atoms with van der Waals surface area (Å²) >= 11 is 0. The van der Waals surface area contributed by atoms with Crippen molar-refractivity contribution in [2.24, 2.45) is 7.05 Å². The monoisotopic (exact) mass is 284 g/mol. The summed E-state index contributed by atoms with van der Waals surface area (Å²) < 4.78 is 40.1. The molecule has 106 valence electrons. The summed E-state index contributed by atoms with van der Waals surface area (Å²) in [6.07, 6.45) is -0.711. The van der Waals surface area contributed by atoms with Crippen molar-refractivity contribution < 1.29 is 18.0 Å². The third-order valence-electron chi connectivity index (χ3n) is 2.78. The largest absolute Gasteiger partial charge is 0.417 e. The van der Waals surface area contributed by atoms with Crippen LogP contribution in [0.5, 0.6) is 0 Å². The maximum absolute atomic E-state index is 12.6. The molecule has 2 aromatic heterocycles. The van der Waals surface area contributed by atoms with E-state index in [-0.39, 0.29) is 0 Å². The Kier molecular flexibility index (Phi) is 3.52. The van der Waals surface area contributed by atoms with Crippen LogP contribution in [0.3, 0.4) is 0 Å². The van der Waals surface area contributed by atoms with Crippen LogP contribution in [0.2, 0.25) is 0 Å². The Morgan fingerprint density at radius 3 is 2.45 bits per heavy atom. The summed E-state index contributed by atoms with van der Waals surface area (Å²) in [7, 11) is 1.72. The lowest BCUT2D eigenvalue weighted by molar-refractivity contribution is -0.138. The SMILES string of the molecule is Cn1ccc(C(=O)Cn2cc(C(F)(F)F)ccc2=O)c1. The fraction of sp³-hybridized carbons (Fsp3) is 0.231. The summed E-state index contributed by atoms with van der Waals surface area (Å²) in [5.41, 5.74) is -1.27. The normalized spacial score (nSPS) is 11.6. The number of nitrogens with zero attached hydrogens (tertiary/aromatic N) is 2. The quantitative estimate of drug-likeness (QED) is 0.810. The van der Waals surface area contributed by atoms with Crippen molar-refractivity contribution in [1.82, 2.24) is 9.13 Å². The average molecular weight is 284 g/mol. The van der Waals surface area contributed by atoms with E-state index in [2.05, 4.69) is 0 Å². The summed E-state index contributed by atoms with van der Waals surface area (Å²) in [4.78, 5) is 23.4. The highest BCUT2D eigenvalue weighted by Crippen LogP contribution is 2.28. The van der Waals surface area contributed by atoms with Crippen LogP contribution in [0.4, 0.5) is 13.2 Å². The molecule has 0 aliphatic heterocycles. The zero-order valence-corrected chi connectivity index (χ0v) is 10.5. The molecule has 0 fully saturated rings. The average Bonchev–Trinajstić information content (AvgIpc) is 2.77. The second kappa shape index (κ2) is 4.99. The molecule has 4 nitrogen and oxygen atoms in total. The highest BCUT2D eigenvalue weighted by atomic mass is 19.4. The fourth-order valence-corrected chi connectivity index (χ4v) is 1.74. The molecule has 0 spiro atoms. The van der Waals surface area contributed by atoms with Gasteiger partial charge in [-0.15, -0.1) is 0 Å². The molecule has 0 aromatic carbocycles. The molecule has 20 heavy (non-hydrogen) atoms. The number of hydrogen-bond acceptors (Lipinski definition) is 2. The van der Waals surface area contributed by atoms with Crippen LogP contribution in [0.25, 0.3) is 0 Å². The number of carbonyl (C=O) groups is 1. The predicted octanol–water partition coefficient (Wildman–Crippen LogP) is 2.09. The number of aromatic nitrogens is 2. The summed E-state index contributed by atoms with van der Waals surface area (Å²) in [6.45, 7) is -0.424. The van der Waals surface area contributed by atoms with Gasteiger partial charge in [0.2, 0.25) is 0 Å². The van der Waals surface area contributed by atoms with Gasteiger partial charge in [0.1, 0.15) is 0 Å². The number of carbonyl (C=O) groups excluding carboxylic acids is 1. The van der Waals surface area contributed by atoms with Crippen molar-refractivity contribution in [2.45, 2.75) is 12.7 Å². The van der Waals surface area contributed by atoms with Gasteiger partial charge in [-0.1, -0.05) is 0 Å². The molecule has 7 heteroatoms. The third-order valence-corrected chi connectivity index (χ3v) is 2.78. The molecule has 0 unspecified atom stereocenters. The molecule has 0 saturated heterocycles. The zero-order chi connectivity index (χ0) is 14.9. The van der Waals surface area contributed by atoms with Crippen LogP contribution in [0.15, 0.2) is 41.6 Å². The molecule has 0 aliphatic rings. The summed E-state index contributed by atoms with van der Waals surface area (Å²) in [5, 5.41) is 0. The molecular formula is C13H11F3N2O2. The lowest BCUT2D eigenvalue weighted by atomic mass is 10.2. The van der Waals surface area contributed by atoms with E-state index in [1.54, 1.807) is 30.1 Å². The lowest BCUT2D eigenvalue weighted by Crippen LogP contribution is -2.25. The molecule has 0 amide bonds. The first-order valence-corrected chi connectivity index (χ1v) is 5.70. The Balaban J connectivity index is 2.29. The molecule has 2 aromatic rings. The van der Waals surface area contributed by atoms with Gasteiger partial charge in [-0.05, 0) is 12.1 Å². The first kappa shape index (κ1) is 14.1. The predicted molar refractivity (Wildman–Crippen MR) is 65.4 cm³/mol. The van der Waals surface area contributed by atoms with Crippen molar-refractivity contribution in [2.75, 3.05) is 0 Å². The van der Waals surface area contributed by atoms with E-state index in [1.165, 1.54) is 0 Å². The minimum absolute atomic E-state index is 0.344. The number of halogens is 3. The Hall–Kier alpha value is -2.31. The minimum atomic E-state index is -4.55. The van der Waals surface area contributed by atoms with Crippen LogP contribution in [-0.2, 0) is 19.8 Å². The van der Waals surface area contributed by atoms with E-state index in [0.717, 1.165) is 10.6 Å². The molecule has 0 N–H and O–H groups in total. The van der Waals surface area contributed by atoms with Gasteiger partial charge in [-0.25, -0.2) is 0 Å². The van der Waals surface area contributed by atoms with Gasteiger partial charge >= 0.3 is 6.18 Å². The molecule has 0 atom stereocenters. The number of ketones is 1. The molecule has 2 rings (SSSR count). The maximum atomic E-state index is 12.6. The van der Waals surface area contributed by atoms with Crippen molar-refractivity contribution in [3.05, 3.63) is 58.3 Å². The first-order valence-electron chi connectivity index (χ1n) is 5.70. The standard InChI is InChI=1S/C13H11F3N2O2/c1-17-5-4-9(6-17)11(19)8-18-7-10(13(14,15)16)2-3-12(18)20/h2-7H,8H2,1H3. The molecule has 0 aliphatic carbocycles. The second-order valence-corrected chi connectivity index (χ2v) is 4.37. The summed E-state index contributed by atoms with van der Waals surface area (Å²) in [5.74, 6) is -0.424. The van der Waals surface area contributed by atoms with Gasteiger partial charge in [0.05, 0.1) is 12.1 Å². The van der Waals surface area contributed by atoms with Gasteiger partial charge in [0.15, 0.2) is 5.78 Å². The Labute approximate surface area is 112 Å². The van der Waals surface area contributed by atoms with E-state index >= 15 is 0 Å². The topological polar surface area (TPSA) is 44.0 Å². The van der Waals surface area contributed by atoms with Crippen molar-refractivity contribution in [1.29, 1.82) is 0 Å². The zero-order valence-electron chi connectivity index (χ0n) is 10.5. The van der Waals surface area contributed by atoms with Crippen LogP contribution in [-0.4, -0.2) is 14.9 Å². The highest BCUT2D eigenvalue weighted by molar-refractivity contribution is 5.95. The molecule has 0 bridgehead atoms. The summed E-state index contributed by atoms with van der Waals surface area (Å²) in [6, 6.07) is 3.05. The van der Waals surface area contributed by atoms with Gasteiger partial charge in [-0.3, -0.25) is 9.59 Å². The van der Waals surface area contributed by atoms with E-state index < -0.39 is 29.6 Å². The van der Waals surface area contributed by atoms with Gasteiger partial charge in [-0.2, -0.15) is 13.2 Å². The van der Waals surface area contributed by atoms with Gasteiger partial charge in [0.25, 0.3) is 5.56 Å². The van der Waals surface area contributed by atoms with Crippen molar-refractivity contribution in [3.63, 3.8) is 0 Å². The number of pyridine rings is 1. The second-order valence-electron chi connectivity index (χ2n) is 4.37. The Morgan fingerprint density at radius 1 is 1.20 bits per heavy atom. The molecular weight excluding hydrogens is 273 g/mol. The van der Waals surface area contributed by atoms with Crippen LogP contribution >= 0.6 is 0 Å². The Bertz CT molecular complexity index is 698. The highest BCUT2D eigenvalue weighted by Gasteiger charge is 2.31. The minimum Gasteiger partial charge on any atom is -0.357 e. The Morgan fingerprint density at radius 2 is 1.90 bits per heavy atom. The molecule has 0 saturated carbocycles. The van der Waals surface area contributed by atoms with E-state index in [9.17, 15) is 22.8 Å². The lowest BCUT2D eigenvalue weighted by Gasteiger charge is -2.09. The van der Waals surface area contributed by atoms with Crippen LogP contribution in [0, 0.1) is 0 Å². The third kappa shape index (κ3) is 2.98. The maximum Gasteiger partial charge on any atom is 0.417 e.